The number of halogens is 1. The molecule has 0 radical (unpaired) electrons. The van der Waals surface area contributed by atoms with E-state index in [1.165, 1.54) is 5.56 Å². The number of nitrogens with one attached hydrogen (secondary N) is 1. The summed E-state index contributed by atoms with van der Waals surface area (Å²) in [5, 5.41) is 0.606. The fourth-order valence-corrected chi connectivity index (χ4v) is 3.85. The average Bonchev–Trinajstić information content (AvgIpc) is 2.61. The van der Waals surface area contributed by atoms with Crippen molar-refractivity contribution in [2.24, 2.45) is 0 Å². The fourth-order valence-electron chi connectivity index (χ4n) is 2.58. The van der Waals surface area contributed by atoms with Gasteiger partial charge in [-0.2, -0.15) is 0 Å². The van der Waals surface area contributed by atoms with Crippen LogP contribution < -0.4 is 5.56 Å². The number of fused-ring (bicyclic) bond motifs is 1. The second-order valence-electron chi connectivity index (χ2n) is 6.04. The Hall–Kier alpha value is -1.70. The number of aromatic nitrogens is 2. The predicted molar refractivity (Wildman–Crippen MR) is 117 cm³/mol. The molecule has 0 aliphatic carbocycles. The van der Waals surface area contributed by atoms with Crippen molar-refractivity contribution in [1.29, 1.82) is 0 Å². The van der Waals surface area contributed by atoms with Crippen molar-refractivity contribution in [2.45, 2.75) is 19.2 Å². The smallest absolute Gasteiger partial charge is 0.258 e. The summed E-state index contributed by atoms with van der Waals surface area (Å²) in [6, 6.07) is 14.0. The lowest BCUT2D eigenvalue weighted by atomic mass is 10.1. The van der Waals surface area contributed by atoms with Gasteiger partial charge in [0, 0.05) is 23.8 Å². The molecule has 0 spiro atoms. The summed E-state index contributed by atoms with van der Waals surface area (Å²) in [7, 11) is 1.97. The predicted octanol–water partition coefficient (Wildman–Crippen LogP) is 4.64. The van der Waals surface area contributed by atoms with Gasteiger partial charge < -0.3 is 9.88 Å². The van der Waals surface area contributed by atoms with E-state index in [9.17, 15) is 4.79 Å². The molecule has 0 atom stereocenters. The van der Waals surface area contributed by atoms with Gasteiger partial charge in [0.1, 0.15) is 10.1 Å². The first-order chi connectivity index (χ1) is 12.4. The highest BCUT2D eigenvalue weighted by molar-refractivity contribution is 9.10. The van der Waals surface area contributed by atoms with Crippen molar-refractivity contribution >= 4 is 55.1 Å². The van der Waals surface area contributed by atoms with Crippen LogP contribution in [-0.2, 0) is 12.3 Å². The molecule has 7 heteroatoms. The summed E-state index contributed by atoms with van der Waals surface area (Å²) in [4.78, 5) is 21.2. The normalized spacial score (nSPS) is 10.9. The number of thiocarbonyl (C=S) groups is 1. The molecule has 3 aromatic rings. The summed E-state index contributed by atoms with van der Waals surface area (Å²) in [6.07, 6.45) is 0. The quantitative estimate of drug-likeness (QED) is 0.590. The Labute approximate surface area is 170 Å². The number of rotatable bonds is 4. The molecule has 0 aliphatic rings. The van der Waals surface area contributed by atoms with Crippen LogP contribution in [0.25, 0.3) is 10.9 Å². The topological polar surface area (TPSA) is 49.0 Å². The molecule has 1 aromatic heterocycles. The van der Waals surface area contributed by atoms with Crippen LogP contribution in [0, 0.1) is 6.92 Å². The van der Waals surface area contributed by atoms with E-state index < -0.39 is 0 Å². The van der Waals surface area contributed by atoms with Crippen molar-refractivity contribution in [3.8, 4) is 0 Å². The summed E-state index contributed by atoms with van der Waals surface area (Å²) < 4.78 is 1.89. The average molecular weight is 448 g/mol. The molecule has 26 heavy (non-hydrogen) atoms. The maximum absolute atomic E-state index is 12.1. The van der Waals surface area contributed by atoms with E-state index in [2.05, 4.69) is 38.0 Å². The molecule has 0 bridgehead atoms. The van der Waals surface area contributed by atoms with Crippen molar-refractivity contribution in [1.82, 2.24) is 14.9 Å². The molecule has 0 unspecified atom stereocenters. The van der Waals surface area contributed by atoms with Crippen molar-refractivity contribution in [3.63, 3.8) is 0 Å². The Kier molecular flexibility index (Phi) is 6.11. The van der Waals surface area contributed by atoms with Crippen LogP contribution in [0.5, 0.6) is 0 Å². The molecule has 0 amide bonds. The zero-order chi connectivity index (χ0) is 18.7. The zero-order valence-electron chi connectivity index (χ0n) is 14.5. The van der Waals surface area contributed by atoms with Crippen molar-refractivity contribution in [3.05, 3.63) is 74.2 Å². The van der Waals surface area contributed by atoms with E-state index in [1.54, 1.807) is 18.7 Å². The number of aromatic amines is 1. The monoisotopic (exact) mass is 447 g/mol. The van der Waals surface area contributed by atoms with Gasteiger partial charge in [-0.25, -0.2) is 4.98 Å². The van der Waals surface area contributed by atoms with E-state index in [1.807, 2.05) is 42.3 Å². The first-order valence-corrected chi connectivity index (χ1v) is 10.2. The molecule has 0 fully saturated rings. The summed E-state index contributed by atoms with van der Waals surface area (Å²) in [5.74, 6) is 1.45. The van der Waals surface area contributed by atoms with Gasteiger partial charge >= 0.3 is 0 Å². The van der Waals surface area contributed by atoms with Crippen molar-refractivity contribution in [2.75, 3.05) is 7.05 Å². The van der Waals surface area contributed by atoms with Crippen LogP contribution in [0.15, 0.2) is 51.7 Å². The summed E-state index contributed by atoms with van der Waals surface area (Å²) in [5.41, 5.74) is 2.87. The van der Waals surface area contributed by atoms with E-state index >= 15 is 0 Å². The van der Waals surface area contributed by atoms with Crippen molar-refractivity contribution < 1.29 is 0 Å². The first-order valence-electron chi connectivity index (χ1n) is 8.04. The van der Waals surface area contributed by atoms with Crippen LogP contribution >= 0.6 is 39.9 Å². The molecule has 1 heterocycles. The first kappa shape index (κ1) is 19.1. The van der Waals surface area contributed by atoms with Crippen LogP contribution in [0.1, 0.15) is 17.0 Å². The number of nitrogens with zero attached hydrogens (tertiary/aromatic N) is 2. The molecule has 2 aromatic carbocycles. The number of hydrogen-bond donors (Lipinski definition) is 1. The second kappa shape index (κ2) is 8.33. The lowest BCUT2D eigenvalue weighted by Crippen LogP contribution is -2.22. The Morgan fingerprint density at radius 1 is 1.23 bits per heavy atom. The molecular formula is C19H18BrN3OS2. The van der Waals surface area contributed by atoms with E-state index in [0.29, 0.717) is 23.3 Å². The third-order valence-electron chi connectivity index (χ3n) is 3.90. The zero-order valence-corrected chi connectivity index (χ0v) is 17.7. The van der Waals surface area contributed by atoms with Crippen LogP contribution in [0.3, 0.4) is 0 Å². The molecule has 0 saturated heterocycles. The standard InChI is InChI=1S/C19H18BrN3OS2/c1-12-21-17-8-5-14(9-16(17)18(24)22-12)10-23(2)19(25)26-11-13-3-6-15(20)7-4-13/h3-9H,10-11H2,1-2H3,(H,21,22,24). The molecule has 4 nitrogen and oxygen atoms in total. The minimum atomic E-state index is -0.107. The number of H-pyrrole nitrogens is 1. The van der Waals surface area contributed by atoms with E-state index in [4.69, 9.17) is 12.2 Å². The van der Waals surface area contributed by atoms with Gasteiger partial charge in [-0.15, -0.1) is 0 Å². The fraction of sp³-hybridized carbons (Fsp3) is 0.211. The summed E-state index contributed by atoms with van der Waals surface area (Å²) >= 11 is 10.6. The van der Waals surface area contributed by atoms with Gasteiger partial charge in [-0.05, 0) is 42.3 Å². The van der Waals surface area contributed by atoms with Gasteiger partial charge in [0.05, 0.1) is 10.9 Å². The number of thioether (sulfide) groups is 1. The van der Waals surface area contributed by atoms with Crippen LogP contribution in [0.2, 0.25) is 0 Å². The lowest BCUT2D eigenvalue weighted by molar-refractivity contribution is 0.519. The molecular weight excluding hydrogens is 430 g/mol. The highest BCUT2D eigenvalue weighted by Crippen LogP contribution is 2.20. The second-order valence-corrected chi connectivity index (χ2v) is 8.56. The number of aryl methyl sites for hydroxylation is 1. The maximum atomic E-state index is 12.1. The molecule has 1 N–H and O–H groups in total. The van der Waals surface area contributed by atoms with Crippen LogP contribution in [-0.4, -0.2) is 26.2 Å². The van der Waals surface area contributed by atoms with Gasteiger partial charge in [-0.3, -0.25) is 4.79 Å². The largest absolute Gasteiger partial charge is 0.356 e. The number of hydrogen-bond acceptors (Lipinski definition) is 4. The molecule has 0 aliphatic heterocycles. The minimum Gasteiger partial charge on any atom is -0.356 e. The Morgan fingerprint density at radius 3 is 2.65 bits per heavy atom. The van der Waals surface area contributed by atoms with Gasteiger partial charge in [0.15, 0.2) is 0 Å². The highest BCUT2D eigenvalue weighted by atomic mass is 79.9. The lowest BCUT2D eigenvalue weighted by Gasteiger charge is -2.19. The maximum Gasteiger partial charge on any atom is 0.258 e. The number of benzene rings is 2. The van der Waals surface area contributed by atoms with Gasteiger partial charge in [0.2, 0.25) is 0 Å². The highest BCUT2D eigenvalue weighted by Gasteiger charge is 2.09. The van der Waals surface area contributed by atoms with Gasteiger partial charge in [0.25, 0.3) is 5.56 Å². The Balaban J connectivity index is 1.66. The summed E-state index contributed by atoms with van der Waals surface area (Å²) in [6.45, 7) is 2.43. The SMILES string of the molecule is Cc1nc2ccc(CN(C)C(=S)SCc3ccc(Br)cc3)cc2c(=O)[nH]1. The Morgan fingerprint density at radius 2 is 1.92 bits per heavy atom. The van der Waals surface area contributed by atoms with E-state index in [-0.39, 0.29) is 5.56 Å². The van der Waals surface area contributed by atoms with Gasteiger partial charge in [-0.1, -0.05) is 58.1 Å². The Bertz CT molecular complexity index is 1000. The molecule has 134 valence electrons. The minimum absolute atomic E-state index is 0.107. The third-order valence-corrected chi connectivity index (χ3v) is 6.13. The molecule has 3 rings (SSSR count). The molecule has 0 saturated carbocycles. The van der Waals surface area contributed by atoms with Crippen LogP contribution in [0.4, 0.5) is 0 Å². The third kappa shape index (κ3) is 4.72. The van der Waals surface area contributed by atoms with E-state index in [0.717, 1.165) is 20.1 Å².